The third-order valence-electron chi connectivity index (χ3n) is 2.84. The van der Waals surface area contributed by atoms with Crippen LogP contribution >= 0.6 is 11.6 Å². The molecule has 0 atom stereocenters. The van der Waals surface area contributed by atoms with Gasteiger partial charge in [-0.3, -0.25) is 4.79 Å². The summed E-state index contributed by atoms with van der Waals surface area (Å²) in [5.74, 6) is 0.223. The standard InChI is InChI=1S/C12H14ClNO/c1-2-12(15)14-6-5-9-3-4-11(13)7-10(9)8-14/h3-4,7H,2,5-6,8H2,1H3. The van der Waals surface area contributed by atoms with Crippen LogP contribution in [0.4, 0.5) is 0 Å². The van der Waals surface area contributed by atoms with Gasteiger partial charge in [0.2, 0.25) is 5.91 Å². The average molecular weight is 224 g/mol. The number of amides is 1. The lowest BCUT2D eigenvalue weighted by Crippen LogP contribution is -2.35. The summed E-state index contributed by atoms with van der Waals surface area (Å²) in [4.78, 5) is 13.5. The van der Waals surface area contributed by atoms with E-state index in [-0.39, 0.29) is 5.91 Å². The van der Waals surface area contributed by atoms with Crippen LogP contribution in [-0.4, -0.2) is 17.4 Å². The van der Waals surface area contributed by atoms with Gasteiger partial charge in [-0.05, 0) is 29.7 Å². The Balaban J connectivity index is 2.22. The fraction of sp³-hybridized carbons (Fsp3) is 0.417. The monoisotopic (exact) mass is 223 g/mol. The molecule has 15 heavy (non-hydrogen) atoms. The Hall–Kier alpha value is -1.02. The van der Waals surface area contributed by atoms with Crippen molar-refractivity contribution in [2.75, 3.05) is 6.54 Å². The van der Waals surface area contributed by atoms with Gasteiger partial charge >= 0.3 is 0 Å². The van der Waals surface area contributed by atoms with Gasteiger partial charge in [-0.2, -0.15) is 0 Å². The molecule has 1 aromatic rings. The van der Waals surface area contributed by atoms with Crippen molar-refractivity contribution in [3.8, 4) is 0 Å². The van der Waals surface area contributed by atoms with E-state index in [1.165, 1.54) is 11.1 Å². The number of carbonyl (C=O) groups is 1. The van der Waals surface area contributed by atoms with Gasteiger partial charge in [-0.1, -0.05) is 24.6 Å². The second-order valence-corrected chi connectivity index (χ2v) is 4.27. The molecule has 0 unspecified atom stereocenters. The van der Waals surface area contributed by atoms with Crippen molar-refractivity contribution >= 4 is 17.5 Å². The number of halogens is 1. The molecule has 0 N–H and O–H groups in total. The van der Waals surface area contributed by atoms with Gasteiger partial charge in [0, 0.05) is 24.5 Å². The Morgan fingerprint density at radius 1 is 1.47 bits per heavy atom. The molecule has 1 aromatic carbocycles. The van der Waals surface area contributed by atoms with Gasteiger partial charge in [0.1, 0.15) is 0 Å². The summed E-state index contributed by atoms with van der Waals surface area (Å²) >= 11 is 5.93. The Bertz CT molecular complexity index is 389. The molecule has 3 heteroatoms. The first-order valence-electron chi connectivity index (χ1n) is 5.25. The molecule has 0 saturated heterocycles. The average Bonchev–Trinajstić information content (AvgIpc) is 2.27. The second-order valence-electron chi connectivity index (χ2n) is 3.83. The minimum Gasteiger partial charge on any atom is -0.338 e. The van der Waals surface area contributed by atoms with Crippen LogP contribution in [0.1, 0.15) is 24.5 Å². The minimum atomic E-state index is 0.223. The van der Waals surface area contributed by atoms with Crippen LogP contribution in [-0.2, 0) is 17.8 Å². The lowest BCUT2D eigenvalue weighted by atomic mass is 10.00. The van der Waals surface area contributed by atoms with Crippen LogP contribution in [0, 0.1) is 0 Å². The highest BCUT2D eigenvalue weighted by Crippen LogP contribution is 2.22. The number of hydrogen-bond acceptors (Lipinski definition) is 1. The van der Waals surface area contributed by atoms with Crippen molar-refractivity contribution in [3.63, 3.8) is 0 Å². The molecule has 1 heterocycles. The van der Waals surface area contributed by atoms with E-state index in [1.807, 2.05) is 24.0 Å². The first kappa shape index (κ1) is 10.5. The van der Waals surface area contributed by atoms with E-state index in [0.29, 0.717) is 13.0 Å². The lowest BCUT2D eigenvalue weighted by Gasteiger charge is -2.28. The van der Waals surface area contributed by atoms with E-state index in [2.05, 4.69) is 6.07 Å². The molecule has 0 bridgehead atoms. The van der Waals surface area contributed by atoms with Crippen molar-refractivity contribution in [2.24, 2.45) is 0 Å². The van der Waals surface area contributed by atoms with Crippen molar-refractivity contribution in [1.82, 2.24) is 4.90 Å². The molecule has 1 amide bonds. The zero-order valence-electron chi connectivity index (χ0n) is 8.79. The Morgan fingerprint density at radius 2 is 2.27 bits per heavy atom. The van der Waals surface area contributed by atoms with E-state index in [1.54, 1.807) is 0 Å². The van der Waals surface area contributed by atoms with E-state index < -0.39 is 0 Å². The smallest absolute Gasteiger partial charge is 0.222 e. The maximum atomic E-state index is 11.6. The summed E-state index contributed by atoms with van der Waals surface area (Å²) in [7, 11) is 0. The van der Waals surface area contributed by atoms with Gasteiger partial charge in [0.15, 0.2) is 0 Å². The summed E-state index contributed by atoms with van der Waals surface area (Å²) in [5, 5.41) is 0.750. The molecule has 1 aliphatic rings. The van der Waals surface area contributed by atoms with Crippen molar-refractivity contribution < 1.29 is 4.79 Å². The van der Waals surface area contributed by atoms with Crippen LogP contribution in [0.3, 0.4) is 0 Å². The fourth-order valence-electron chi connectivity index (χ4n) is 1.96. The largest absolute Gasteiger partial charge is 0.338 e. The molecular weight excluding hydrogens is 210 g/mol. The lowest BCUT2D eigenvalue weighted by molar-refractivity contribution is -0.131. The first-order chi connectivity index (χ1) is 7.20. The molecule has 0 aliphatic carbocycles. The van der Waals surface area contributed by atoms with Crippen LogP contribution in [0.2, 0.25) is 5.02 Å². The Labute approximate surface area is 94.8 Å². The number of rotatable bonds is 1. The second kappa shape index (κ2) is 4.23. The molecule has 1 aliphatic heterocycles. The SMILES string of the molecule is CCC(=O)N1CCc2ccc(Cl)cc2C1. The number of fused-ring (bicyclic) bond motifs is 1. The third-order valence-corrected chi connectivity index (χ3v) is 3.07. The molecule has 0 saturated carbocycles. The minimum absolute atomic E-state index is 0.223. The Kier molecular flexibility index (Phi) is 2.96. The number of hydrogen-bond donors (Lipinski definition) is 0. The number of nitrogens with zero attached hydrogens (tertiary/aromatic N) is 1. The van der Waals surface area contributed by atoms with E-state index in [0.717, 1.165) is 18.0 Å². The van der Waals surface area contributed by atoms with Crippen LogP contribution in [0.5, 0.6) is 0 Å². The topological polar surface area (TPSA) is 20.3 Å². The van der Waals surface area contributed by atoms with E-state index >= 15 is 0 Å². The first-order valence-corrected chi connectivity index (χ1v) is 5.63. The highest BCUT2D eigenvalue weighted by Gasteiger charge is 2.19. The molecule has 0 aromatic heterocycles. The zero-order chi connectivity index (χ0) is 10.8. The summed E-state index contributed by atoms with van der Waals surface area (Å²) in [6.45, 7) is 3.44. The highest BCUT2D eigenvalue weighted by atomic mass is 35.5. The van der Waals surface area contributed by atoms with Gasteiger partial charge in [-0.25, -0.2) is 0 Å². The van der Waals surface area contributed by atoms with E-state index in [4.69, 9.17) is 11.6 Å². The normalized spacial score (nSPS) is 14.9. The van der Waals surface area contributed by atoms with Gasteiger partial charge in [0.05, 0.1) is 0 Å². The molecule has 0 radical (unpaired) electrons. The molecular formula is C12H14ClNO. The van der Waals surface area contributed by atoms with E-state index in [9.17, 15) is 4.79 Å². The predicted molar refractivity (Wildman–Crippen MR) is 60.9 cm³/mol. The van der Waals surface area contributed by atoms with Crippen molar-refractivity contribution in [3.05, 3.63) is 34.3 Å². The van der Waals surface area contributed by atoms with Crippen LogP contribution in [0.15, 0.2) is 18.2 Å². The van der Waals surface area contributed by atoms with Gasteiger partial charge in [-0.15, -0.1) is 0 Å². The maximum absolute atomic E-state index is 11.6. The van der Waals surface area contributed by atoms with Gasteiger partial charge < -0.3 is 4.90 Å². The quantitative estimate of drug-likeness (QED) is 0.717. The zero-order valence-corrected chi connectivity index (χ0v) is 9.55. The number of benzene rings is 1. The molecule has 0 fully saturated rings. The molecule has 80 valence electrons. The number of carbonyl (C=O) groups excluding carboxylic acids is 1. The highest BCUT2D eigenvalue weighted by molar-refractivity contribution is 6.30. The van der Waals surface area contributed by atoms with Crippen molar-refractivity contribution in [2.45, 2.75) is 26.3 Å². The molecule has 2 rings (SSSR count). The van der Waals surface area contributed by atoms with Crippen molar-refractivity contribution in [1.29, 1.82) is 0 Å². The van der Waals surface area contributed by atoms with Gasteiger partial charge in [0.25, 0.3) is 0 Å². The third kappa shape index (κ3) is 2.15. The summed E-state index contributed by atoms with van der Waals surface area (Å²) < 4.78 is 0. The maximum Gasteiger partial charge on any atom is 0.222 e. The summed E-state index contributed by atoms with van der Waals surface area (Å²) in [6, 6.07) is 5.94. The summed E-state index contributed by atoms with van der Waals surface area (Å²) in [6.07, 6.45) is 1.52. The van der Waals surface area contributed by atoms with Crippen LogP contribution in [0.25, 0.3) is 0 Å². The molecule has 2 nitrogen and oxygen atoms in total. The molecule has 0 spiro atoms. The predicted octanol–water partition coefficient (Wildman–Crippen LogP) is 2.63. The summed E-state index contributed by atoms with van der Waals surface area (Å²) in [5.41, 5.74) is 2.51. The Morgan fingerprint density at radius 3 is 3.00 bits per heavy atom. The fourth-order valence-corrected chi connectivity index (χ4v) is 2.16. The van der Waals surface area contributed by atoms with Crippen LogP contribution < -0.4 is 0 Å².